The van der Waals surface area contributed by atoms with Crippen molar-refractivity contribution in [3.05, 3.63) is 42.7 Å². The van der Waals surface area contributed by atoms with Crippen molar-refractivity contribution in [1.82, 2.24) is 9.38 Å². The first-order chi connectivity index (χ1) is 10.3. The zero-order valence-electron chi connectivity index (χ0n) is 11.3. The highest BCUT2D eigenvalue weighted by atomic mass is 16.5. The van der Waals surface area contributed by atoms with E-state index in [1.165, 1.54) is 0 Å². The third-order valence-electron chi connectivity index (χ3n) is 3.51. The quantitative estimate of drug-likeness (QED) is 0.745. The third kappa shape index (κ3) is 2.07. The summed E-state index contributed by atoms with van der Waals surface area (Å²) in [5, 5.41) is 9.83. The van der Waals surface area contributed by atoms with Crippen LogP contribution >= 0.6 is 0 Å². The number of ether oxygens (including phenoxy) is 2. The topological polar surface area (TPSA) is 56.0 Å². The molecule has 1 aliphatic rings. The SMILES string of the molecule is Oc1cccn2cc(-c3ccc4c(c3)OCCCO4)nc12. The highest BCUT2D eigenvalue weighted by Gasteiger charge is 2.13. The largest absolute Gasteiger partial charge is 0.504 e. The van der Waals surface area contributed by atoms with E-state index in [0.717, 1.165) is 29.2 Å². The molecular weight excluding hydrogens is 268 g/mol. The van der Waals surface area contributed by atoms with E-state index in [2.05, 4.69) is 4.98 Å². The second-order valence-electron chi connectivity index (χ2n) is 4.96. The molecule has 1 N–H and O–H groups in total. The van der Waals surface area contributed by atoms with Crippen LogP contribution in [0.2, 0.25) is 0 Å². The average molecular weight is 282 g/mol. The smallest absolute Gasteiger partial charge is 0.180 e. The Morgan fingerprint density at radius 2 is 1.95 bits per heavy atom. The van der Waals surface area contributed by atoms with E-state index in [9.17, 15) is 5.11 Å². The number of pyridine rings is 1. The van der Waals surface area contributed by atoms with Gasteiger partial charge in [-0.3, -0.25) is 0 Å². The molecule has 5 nitrogen and oxygen atoms in total. The number of rotatable bonds is 1. The number of benzene rings is 1. The molecule has 0 atom stereocenters. The summed E-state index contributed by atoms with van der Waals surface area (Å²) >= 11 is 0. The van der Waals surface area contributed by atoms with E-state index < -0.39 is 0 Å². The maximum atomic E-state index is 9.83. The third-order valence-corrected chi connectivity index (χ3v) is 3.51. The van der Waals surface area contributed by atoms with Crippen LogP contribution in [0.3, 0.4) is 0 Å². The molecule has 0 saturated carbocycles. The van der Waals surface area contributed by atoms with Crippen molar-refractivity contribution < 1.29 is 14.6 Å². The van der Waals surface area contributed by atoms with Gasteiger partial charge in [-0.25, -0.2) is 4.98 Å². The average Bonchev–Trinajstić information content (AvgIpc) is 2.80. The molecule has 1 aromatic carbocycles. The number of nitrogens with zero attached hydrogens (tertiary/aromatic N) is 2. The van der Waals surface area contributed by atoms with Crippen LogP contribution in [0.4, 0.5) is 0 Å². The number of aromatic hydroxyl groups is 1. The summed E-state index contributed by atoms with van der Waals surface area (Å²) in [4.78, 5) is 4.47. The lowest BCUT2D eigenvalue weighted by Gasteiger charge is -2.07. The van der Waals surface area contributed by atoms with E-state index in [4.69, 9.17) is 9.47 Å². The van der Waals surface area contributed by atoms with Crippen LogP contribution in [0.1, 0.15) is 6.42 Å². The van der Waals surface area contributed by atoms with Crippen LogP contribution in [0, 0.1) is 0 Å². The lowest BCUT2D eigenvalue weighted by atomic mass is 10.1. The first-order valence-corrected chi connectivity index (χ1v) is 6.88. The Hall–Kier alpha value is -2.69. The molecule has 5 heteroatoms. The molecule has 0 amide bonds. The molecule has 2 aromatic heterocycles. The first kappa shape index (κ1) is 12.1. The van der Waals surface area contributed by atoms with Gasteiger partial charge in [0.1, 0.15) is 0 Å². The molecule has 3 aromatic rings. The number of hydrogen-bond acceptors (Lipinski definition) is 4. The van der Waals surface area contributed by atoms with Gasteiger partial charge in [0.15, 0.2) is 22.9 Å². The summed E-state index contributed by atoms with van der Waals surface area (Å²) in [5.74, 6) is 1.67. The number of imidazole rings is 1. The van der Waals surface area contributed by atoms with Gasteiger partial charge in [0, 0.05) is 24.4 Å². The minimum atomic E-state index is 0.165. The van der Waals surface area contributed by atoms with Gasteiger partial charge in [0.25, 0.3) is 0 Å². The van der Waals surface area contributed by atoms with E-state index >= 15 is 0 Å². The molecule has 106 valence electrons. The summed E-state index contributed by atoms with van der Waals surface area (Å²) in [6.45, 7) is 1.33. The minimum absolute atomic E-state index is 0.165. The van der Waals surface area contributed by atoms with Crippen molar-refractivity contribution in [1.29, 1.82) is 0 Å². The van der Waals surface area contributed by atoms with Crippen LogP contribution in [0.25, 0.3) is 16.9 Å². The summed E-state index contributed by atoms with van der Waals surface area (Å²) in [7, 11) is 0. The fourth-order valence-corrected chi connectivity index (χ4v) is 2.46. The molecule has 0 bridgehead atoms. The number of hydrogen-bond donors (Lipinski definition) is 1. The molecule has 0 spiro atoms. The van der Waals surface area contributed by atoms with Gasteiger partial charge in [-0.1, -0.05) is 0 Å². The van der Waals surface area contributed by atoms with Gasteiger partial charge < -0.3 is 19.0 Å². The zero-order chi connectivity index (χ0) is 14.2. The Bertz CT molecular complexity index is 810. The van der Waals surface area contributed by atoms with Crippen molar-refractivity contribution in [2.45, 2.75) is 6.42 Å². The Morgan fingerprint density at radius 3 is 2.81 bits per heavy atom. The fourth-order valence-electron chi connectivity index (χ4n) is 2.46. The molecule has 0 radical (unpaired) electrons. The molecule has 0 saturated heterocycles. The molecule has 0 aliphatic carbocycles. The normalized spacial score (nSPS) is 14.1. The molecule has 1 aliphatic heterocycles. The van der Waals surface area contributed by atoms with Crippen LogP contribution in [-0.2, 0) is 0 Å². The Labute approximate surface area is 121 Å². The van der Waals surface area contributed by atoms with Gasteiger partial charge in [0.2, 0.25) is 0 Å². The Kier molecular flexibility index (Phi) is 2.70. The van der Waals surface area contributed by atoms with Crippen molar-refractivity contribution >= 4 is 5.65 Å². The highest BCUT2D eigenvalue weighted by Crippen LogP contribution is 2.34. The molecule has 0 fully saturated rings. The van der Waals surface area contributed by atoms with Crippen molar-refractivity contribution in [3.8, 4) is 28.5 Å². The lowest BCUT2D eigenvalue weighted by molar-refractivity contribution is 0.297. The van der Waals surface area contributed by atoms with Gasteiger partial charge in [-0.05, 0) is 30.3 Å². The van der Waals surface area contributed by atoms with Crippen LogP contribution in [0.15, 0.2) is 42.7 Å². The summed E-state index contributed by atoms with van der Waals surface area (Å²) in [6, 6.07) is 9.19. The van der Waals surface area contributed by atoms with Crippen LogP contribution in [0.5, 0.6) is 17.2 Å². The van der Waals surface area contributed by atoms with Crippen molar-refractivity contribution in [3.63, 3.8) is 0 Å². The van der Waals surface area contributed by atoms with E-state index in [0.29, 0.717) is 18.9 Å². The molecule has 21 heavy (non-hydrogen) atoms. The predicted octanol–water partition coefficient (Wildman–Crippen LogP) is 2.87. The standard InChI is InChI=1S/C16H14N2O3/c19-13-3-1-6-18-10-12(17-16(13)18)11-4-5-14-15(9-11)21-8-2-7-20-14/h1,3-6,9-10,19H,2,7-8H2. The molecular formula is C16H14N2O3. The van der Waals surface area contributed by atoms with Gasteiger partial charge in [-0.15, -0.1) is 0 Å². The highest BCUT2D eigenvalue weighted by molar-refractivity contribution is 5.68. The maximum absolute atomic E-state index is 9.83. The Balaban J connectivity index is 1.81. The fraction of sp³-hybridized carbons (Fsp3) is 0.188. The molecule has 0 unspecified atom stereocenters. The second-order valence-corrected chi connectivity index (χ2v) is 4.96. The predicted molar refractivity (Wildman–Crippen MR) is 77.9 cm³/mol. The minimum Gasteiger partial charge on any atom is -0.504 e. The zero-order valence-corrected chi connectivity index (χ0v) is 11.3. The van der Waals surface area contributed by atoms with Crippen LogP contribution < -0.4 is 9.47 Å². The second kappa shape index (κ2) is 4.70. The van der Waals surface area contributed by atoms with E-state index in [1.54, 1.807) is 16.5 Å². The van der Waals surface area contributed by atoms with Crippen molar-refractivity contribution in [2.24, 2.45) is 0 Å². The van der Waals surface area contributed by atoms with E-state index in [-0.39, 0.29) is 5.75 Å². The van der Waals surface area contributed by atoms with E-state index in [1.807, 2.05) is 30.6 Å². The summed E-state index contributed by atoms with van der Waals surface area (Å²) < 4.78 is 13.1. The van der Waals surface area contributed by atoms with Crippen molar-refractivity contribution in [2.75, 3.05) is 13.2 Å². The van der Waals surface area contributed by atoms with Gasteiger partial charge in [0.05, 0.1) is 18.9 Å². The number of fused-ring (bicyclic) bond motifs is 2. The van der Waals surface area contributed by atoms with Crippen LogP contribution in [-0.4, -0.2) is 27.7 Å². The molecule has 4 rings (SSSR count). The van der Waals surface area contributed by atoms with Gasteiger partial charge >= 0.3 is 0 Å². The van der Waals surface area contributed by atoms with Gasteiger partial charge in [-0.2, -0.15) is 0 Å². The maximum Gasteiger partial charge on any atom is 0.180 e. The summed E-state index contributed by atoms with van der Waals surface area (Å²) in [5.41, 5.74) is 2.26. The number of aromatic nitrogens is 2. The molecule has 3 heterocycles. The monoisotopic (exact) mass is 282 g/mol. The lowest BCUT2D eigenvalue weighted by Crippen LogP contribution is -1.97. The summed E-state index contributed by atoms with van der Waals surface area (Å²) in [6.07, 6.45) is 4.62. The Morgan fingerprint density at radius 1 is 1.10 bits per heavy atom. The first-order valence-electron chi connectivity index (χ1n) is 6.88.